The Labute approximate surface area is 94.9 Å². The average Bonchev–Trinajstić information content (AvgIpc) is 2.82. The zero-order valence-corrected chi connectivity index (χ0v) is 10.7. The molecule has 0 saturated heterocycles. The average molecular weight is 226 g/mol. The smallest absolute Gasteiger partial charge is 0.181 e. The van der Waals surface area contributed by atoms with E-state index in [2.05, 4.69) is 19.9 Å². The van der Waals surface area contributed by atoms with E-state index in [1.165, 1.54) is 6.33 Å². The van der Waals surface area contributed by atoms with Crippen LogP contribution in [0.25, 0.3) is 11.2 Å². The number of hydrogen-bond acceptors (Lipinski definition) is 4. The summed E-state index contributed by atoms with van der Waals surface area (Å²) in [5.74, 6) is 0. The van der Waals surface area contributed by atoms with E-state index in [9.17, 15) is 0 Å². The van der Waals surface area contributed by atoms with Crippen molar-refractivity contribution in [2.45, 2.75) is 32.7 Å². The number of thioether (sulfide) groups is 1. The summed E-state index contributed by atoms with van der Waals surface area (Å²) < 4.78 is 0. The molecule has 0 radical (unpaired) electrons. The van der Waals surface area contributed by atoms with Gasteiger partial charge in [0.15, 0.2) is 5.65 Å². The fourth-order valence-electron chi connectivity index (χ4n) is 0.898. The lowest BCUT2D eigenvalue weighted by Crippen LogP contribution is -1.83. The summed E-state index contributed by atoms with van der Waals surface area (Å²) in [6.45, 7) is 8.00. The van der Waals surface area contributed by atoms with E-state index < -0.39 is 0 Å². The van der Waals surface area contributed by atoms with E-state index in [4.69, 9.17) is 0 Å². The van der Waals surface area contributed by atoms with Crippen molar-refractivity contribution in [3.05, 3.63) is 12.7 Å². The van der Waals surface area contributed by atoms with Crippen LogP contribution in [0.15, 0.2) is 17.7 Å². The number of H-pyrrole nitrogens is 1. The second-order valence-corrected chi connectivity index (χ2v) is 2.78. The summed E-state index contributed by atoms with van der Waals surface area (Å²) in [6, 6.07) is 0. The van der Waals surface area contributed by atoms with E-state index in [1.54, 1.807) is 18.1 Å². The molecule has 2 aromatic heterocycles. The standard InChI is InChI=1S/C6H6N4S.2C2H6/c1-11-6-4-5(8-2-7-4)9-3-10-6;2*1-2/h2-3H,1H3,(H,7,8,9,10);2*1-2H3. The number of fused-ring (bicyclic) bond motifs is 1. The number of aromatic nitrogens is 4. The van der Waals surface area contributed by atoms with Crippen molar-refractivity contribution < 1.29 is 0 Å². The van der Waals surface area contributed by atoms with Crippen molar-refractivity contribution in [1.82, 2.24) is 19.9 Å². The van der Waals surface area contributed by atoms with Gasteiger partial charge in [0.1, 0.15) is 16.9 Å². The molecule has 0 amide bonds. The Balaban J connectivity index is 0.000000442. The molecular weight excluding hydrogens is 208 g/mol. The molecule has 5 heteroatoms. The Bertz CT molecular complexity index is 372. The molecule has 0 fully saturated rings. The summed E-state index contributed by atoms with van der Waals surface area (Å²) >= 11 is 1.58. The van der Waals surface area contributed by atoms with Crippen LogP contribution in [-0.2, 0) is 0 Å². The molecule has 0 aromatic carbocycles. The van der Waals surface area contributed by atoms with E-state index in [0.717, 1.165) is 16.2 Å². The highest BCUT2D eigenvalue weighted by atomic mass is 32.2. The Hall–Kier alpha value is -1.10. The van der Waals surface area contributed by atoms with E-state index in [-0.39, 0.29) is 0 Å². The predicted molar refractivity (Wildman–Crippen MR) is 66.2 cm³/mol. The van der Waals surface area contributed by atoms with Gasteiger partial charge < -0.3 is 4.98 Å². The van der Waals surface area contributed by atoms with Crippen LogP contribution in [0.3, 0.4) is 0 Å². The van der Waals surface area contributed by atoms with Gasteiger partial charge in [0.05, 0.1) is 6.33 Å². The van der Waals surface area contributed by atoms with Crippen molar-refractivity contribution in [1.29, 1.82) is 0 Å². The highest BCUT2D eigenvalue weighted by molar-refractivity contribution is 7.98. The van der Waals surface area contributed by atoms with Crippen molar-refractivity contribution in [2.75, 3.05) is 6.26 Å². The lowest BCUT2D eigenvalue weighted by Gasteiger charge is -1.93. The number of nitrogens with one attached hydrogen (secondary N) is 1. The lowest BCUT2D eigenvalue weighted by molar-refractivity contribution is 1.09. The Morgan fingerprint density at radius 2 is 1.73 bits per heavy atom. The zero-order chi connectivity index (χ0) is 11.7. The molecule has 84 valence electrons. The summed E-state index contributed by atoms with van der Waals surface area (Å²) in [6.07, 6.45) is 5.12. The first-order valence-electron chi connectivity index (χ1n) is 5.10. The zero-order valence-electron chi connectivity index (χ0n) is 9.90. The van der Waals surface area contributed by atoms with E-state index >= 15 is 0 Å². The number of nitrogens with zero attached hydrogens (tertiary/aromatic N) is 3. The molecule has 1 N–H and O–H groups in total. The molecule has 15 heavy (non-hydrogen) atoms. The largest absolute Gasteiger partial charge is 0.341 e. The monoisotopic (exact) mass is 226 g/mol. The van der Waals surface area contributed by atoms with E-state index in [1.807, 2.05) is 34.0 Å². The third-order valence-electron chi connectivity index (χ3n) is 1.38. The first-order valence-corrected chi connectivity index (χ1v) is 6.32. The summed E-state index contributed by atoms with van der Waals surface area (Å²) in [5, 5.41) is 0.938. The Morgan fingerprint density at radius 1 is 1.07 bits per heavy atom. The van der Waals surface area contributed by atoms with Crippen LogP contribution < -0.4 is 0 Å². The minimum Gasteiger partial charge on any atom is -0.341 e. The van der Waals surface area contributed by atoms with Crippen LogP contribution in [0.4, 0.5) is 0 Å². The molecule has 0 bridgehead atoms. The third-order valence-corrected chi connectivity index (χ3v) is 2.08. The quantitative estimate of drug-likeness (QED) is 0.599. The molecule has 0 unspecified atom stereocenters. The van der Waals surface area contributed by atoms with Gasteiger partial charge in [0, 0.05) is 0 Å². The summed E-state index contributed by atoms with van der Waals surface area (Å²) in [5.41, 5.74) is 1.64. The lowest BCUT2D eigenvalue weighted by atomic mass is 10.6. The van der Waals surface area contributed by atoms with Gasteiger partial charge in [-0.15, -0.1) is 11.8 Å². The molecule has 0 aliphatic carbocycles. The maximum atomic E-state index is 4.08. The number of hydrogen-bond donors (Lipinski definition) is 1. The normalized spacial score (nSPS) is 8.60. The van der Waals surface area contributed by atoms with Gasteiger partial charge in [-0.3, -0.25) is 0 Å². The van der Waals surface area contributed by atoms with Gasteiger partial charge in [-0.2, -0.15) is 0 Å². The molecular formula is C10H18N4S. The molecule has 0 aliphatic heterocycles. The van der Waals surface area contributed by atoms with Gasteiger partial charge in [0.25, 0.3) is 0 Å². The van der Waals surface area contributed by atoms with Crippen LogP contribution in [0, 0.1) is 0 Å². The van der Waals surface area contributed by atoms with Crippen molar-refractivity contribution in [3.8, 4) is 0 Å². The predicted octanol–water partition coefficient (Wildman–Crippen LogP) is 3.13. The maximum Gasteiger partial charge on any atom is 0.181 e. The van der Waals surface area contributed by atoms with Crippen LogP contribution in [0.5, 0.6) is 0 Å². The van der Waals surface area contributed by atoms with Gasteiger partial charge >= 0.3 is 0 Å². The SMILES string of the molecule is CC.CC.CSc1ncnc2nc[nH]c12. The fraction of sp³-hybridized carbons (Fsp3) is 0.500. The molecule has 0 saturated carbocycles. The van der Waals surface area contributed by atoms with Gasteiger partial charge in [0.2, 0.25) is 0 Å². The summed E-state index contributed by atoms with van der Waals surface area (Å²) in [7, 11) is 0. The maximum absolute atomic E-state index is 4.08. The molecule has 2 aromatic rings. The molecule has 0 atom stereocenters. The molecule has 2 heterocycles. The first-order chi connectivity index (χ1) is 7.42. The number of aromatic amines is 1. The minimum atomic E-state index is 0.726. The molecule has 2 rings (SSSR count). The first kappa shape index (κ1) is 13.9. The highest BCUT2D eigenvalue weighted by Crippen LogP contribution is 2.18. The summed E-state index contributed by atoms with van der Waals surface area (Å²) in [4.78, 5) is 15.1. The van der Waals surface area contributed by atoms with Gasteiger partial charge in [-0.05, 0) is 6.26 Å². The van der Waals surface area contributed by atoms with Crippen LogP contribution in [0.2, 0.25) is 0 Å². The second-order valence-electron chi connectivity index (χ2n) is 1.98. The van der Waals surface area contributed by atoms with Crippen LogP contribution >= 0.6 is 11.8 Å². The molecule has 4 nitrogen and oxygen atoms in total. The van der Waals surface area contributed by atoms with Crippen molar-refractivity contribution >= 4 is 22.9 Å². The number of imidazole rings is 1. The Morgan fingerprint density at radius 3 is 2.33 bits per heavy atom. The van der Waals surface area contributed by atoms with E-state index in [0.29, 0.717) is 0 Å². The topological polar surface area (TPSA) is 54.5 Å². The number of rotatable bonds is 1. The fourth-order valence-corrected chi connectivity index (χ4v) is 1.40. The van der Waals surface area contributed by atoms with Crippen LogP contribution in [0.1, 0.15) is 27.7 Å². The molecule has 0 aliphatic rings. The van der Waals surface area contributed by atoms with Gasteiger partial charge in [-0.1, -0.05) is 27.7 Å². The third kappa shape index (κ3) is 3.51. The minimum absolute atomic E-state index is 0.726. The van der Waals surface area contributed by atoms with Crippen molar-refractivity contribution in [2.24, 2.45) is 0 Å². The van der Waals surface area contributed by atoms with Crippen LogP contribution in [-0.4, -0.2) is 26.2 Å². The van der Waals surface area contributed by atoms with Crippen molar-refractivity contribution in [3.63, 3.8) is 0 Å². The molecule has 0 spiro atoms. The van der Waals surface area contributed by atoms with Gasteiger partial charge in [-0.25, -0.2) is 15.0 Å². The highest BCUT2D eigenvalue weighted by Gasteiger charge is 2.02. The Kier molecular flexibility index (Phi) is 7.62. The second kappa shape index (κ2) is 8.23.